The normalized spacial score (nSPS) is 26.9. The van der Waals surface area contributed by atoms with Crippen molar-refractivity contribution in [1.29, 1.82) is 0 Å². The Hall–Kier alpha value is -0.475. The highest BCUT2D eigenvalue weighted by Gasteiger charge is 2.36. The van der Waals surface area contributed by atoms with Crippen LogP contribution in [0, 0.1) is 0 Å². The Morgan fingerprint density at radius 3 is 2.50 bits per heavy atom. The molecule has 0 radical (unpaired) electrons. The third-order valence-electron chi connectivity index (χ3n) is 2.30. The Morgan fingerprint density at radius 2 is 1.92 bits per heavy atom. The summed E-state index contributed by atoms with van der Waals surface area (Å²) in [5.74, 6) is -1.54. The third kappa shape index (κ3) is 2.53. The maximum Gasteiger partial charge on any atom is 0.481 e. The smallest absolute Gasteiger partial charge is 0.449 e. The number of carbonyl (C=O) groups is 1. The Balaban J connectivity index is 2.58. The summed E-state index contributed by atoms with van der Waals surface area (Å²) in [6, 6.07) is 0. The van der Waals surface area contributed by atoms with Crippen molar-refractivity contribution in [3.05, 3.63) is 0 Å². The molecule has 1 aliphatic rings. The van der Waals surface area contributed by atoms with Gasteiger partial charge < -0.3 is 12.9 Å². The van der Waals surface area contributed by atoms with E-state index in [9.17, 15) is 17.7 Å². The van der Waals surface area contributed by atoms with Crippen LogP contribution >= 0.6 is 0 Å². The van der Waals surface area contributed by atoms with Crippen LogP contribution in [0.4, 0.5) is 12.9 Å². The van der Waals surface area contributed by atoms with Gasteiger partial charge in [-0.2, -0.15) is 0 Å². The lowest BCUT2D eigenvalue weighted by Crippen LogP contribution is -2.25. The summed E-state index contributed by atoms with van der Waals surface area (Å²) in [5.41, 5.74) is 0. The summed E-state index contributed by atoms with van der Waals surface area (Å²) in [5, 5.41) is 0. The van der Waals surface area contributed by atoms with Gasteiger partial charge in [0.1, 0.15) is 5.78 Å². The van der Waals surface area contributed by atoms with Crippen molar-refractivity contribution in [1.82, 2.24) is 0 Å². The monoisotopic (exact) mass is 179 g/mol. The van der Waals surface area contributed by atoms with E-state index in [1.807, 2.05) is 0 Å². The predicted octanol–water partition coefficient (Wildman–Crippen LogP) is 2.74. The average Bonchev–Trinajstić information content (AvgIpc) is 2.11. The van der Waals surface area contributed by atoms with E-state index in [1.165, 1.54) is 0 Å². The van der Waals surface area contributed by atoms with Gasteiger partial charge in [-0.25, -0.2) is 0 Å². The topological polar surface area (TPSA) is 17.1 Å². The number of halogens is 3. The van der Waals surface area contributed by atoms with E-state index in [-0.39, 0.29) is 18.6 Å². The van der Waals surface area contributed by atoms with Crippen molar-refractivity contribution < 1.29 is 17.7 Å². The lowest BCUT2D eigenvalue weighted by atomic mass is 9.68. The molecule has 0 aliphatic heterocycles. The number of carbonyl (C=O) groups excluding carboxylic acids is 1. The van der Waals surface area contributed by atoms with E-state index in [1.54, 1.807) is 0 Å². The highest BCUT2D eigenvalue weighted by molar-refractivity contribution is 6.60. The van der Waals surface area contributed by atoms with Crippen LogP contribution < -0.4 is 0 Å². The maximum absolute atomic E-state index is 12.2. The van der Waals surface area contributed by atoms with Gasteiger partial charge in [0.05, 0.1) is 0 Å². The van der Waals surface area contributed by atoms with Gasteiger partial charge in [-0.3, -0.25) is 4.79 Å². The molecule has 1 rings (SSSR count). The zero-order valence-electron chi connectivity index (χ0n) is 6.73. The quantitative estimate of drug-likeness (QED) is 0.446. The summed E-state index contributed by atoms with van der Waals surface area (Å²) < 4.78 is 36.6. The number of ketones is 1. The highest BCUT2D eigenvalue weighted by atomic mass is 19.4. The van der Waals surface area contributed by atoms with Crippen molar-refractivity contribution in [2.45, 2.75) is 37.9 Å². The summed E-state index contributed by atoms with van der Waals surface area (Å²) in [6.45, 7) is -4.80. The molecule has 1 unspecified atom stereocenters. The second-order valence-corrected chi connectivity index (χ2v) is 3.37. The molecule has 0 amide bonds. The van der Waals surface area contributed by atoms with Crippen LogP contribution in [0.2, 0.25) is 5.82 Å². The third-order valence-corrected chi connectivity index (χ3v) is 2.30. The van der Waals surface area contributed by atoms with E-state index in [0.29, 0.717) is 19.3 Å². The molecule has 0 N–H and O–H groups in total. The van der Waals surface area contributed by atoms with Gasteiger partial charge in [0.25, 0.3) is 0 Å². The molecular weight excluding hydrogens is 168 g/mol. The zero-order chi connectivity index (χ0) is 9.19. The first kappa shape index (κ1) is 9.61. The van der Waals surface area contributed by atoms with Crippen LogP contribution in [0.15, 0.2) is 0 Å². The molecule has 0 spiro atoms. The summed E-state index contributed by atoms with van der Waals surface area (Å²) in [6.07, 6.45) is 1.38. The molecule has 0 aromatic rings. The molecule has 1 nitrogen and oxygen atoms in total. The molecule has 0 aromatic heterocycles. The fourth-order valence-corrected chi connectivity index (χ4v) is 1.55. The van der Waals surface area contributed by atoms with Crippen molar-refractivity contribution in [2.24, 2.45) is 0 Å². The zero-order valence-corrected chi connectivity index (χ0v) is 6.73. The maximum atomic E-state index is 12.2. The lowest BCUT2D eigenvalue weighted by molar-refractivity contribution is -0.119. The van der Waals surface area contributed by atoms with Crippen LogP contribution in [0.5, 0.6) is 0 Å². The molecule has 1 fully saturated rings. The van der Waals surface area contributed by atoms with Gasteiger partial charge in [0.15, 0.2) is 0 Å². The Morgan fingerprint density at radius 1 is 1.25 bits per heavy atom. The molecule has 0 aromatic carbocycles. The molecule has 0 bridgehead atoms. The van der Waals surface area contributed by atoms with E-state index in [0.717, 1.165) is 0 Å². The van der Waals surface area contributed by atoms with Crippen LogP contribution in [0.25, 0.3) is 0 Å². The van der Waals surface area contributed by atoms with Crippen LogP contribution in [0.1, 0.15) is 32.1 Å². The second-order valence-electron chi connectivity index (χ2n) is 3.37. The average molecular weight is 179 g/mol. The van der Waals surface area contributed by atoms with E-state index in [2.05, 4.69) is 0 Å². The minimum absolute atomic E-state index is 0.148. The number of rotatable bonds is 1. The first-order valence-corrected chi connectivity index (χ1v) is 4.22. The number of Topliss-reactive ketones (excluding diaryl/α,β-unsaturated/α-hetero) is 1. The fraction of sp³-hybridized carbons (Fsp3) is 0.857. The van der Waals surface area contributed by atoms with Crippen LogP contribution in [-0.4, -0.2) is 12.8 Å². The molecule has 5 heteroatoms. The first-order chi connectivity index (χ1) is 5.50. The minimum Gasteiger partial charge on any atom is -0.449 e. The summed E-state index contributed by atoms with van der Waals surface area (Å²) >= 11 is 0. The Kier molecular flexibility index (Phi) is 2.80. The van der Waals surface area contributed by atoms with E-state index >= 15 is 0 Å². The highest BCUT2D eigenvalue weighted by Crippen LogP contribution is 2.36. The van der Waals surface area contributed by atoms with Crippen molar-refractivity contribution in [3.63, 3.8) is 0 Å². The largest absolute Gasteiger partial charge is 0.481 e. The van der Waals surface area contributed by atoms with E-state index < -0.39 is 12.8 Å². The SMILES string of the molecule is O=C1CCCCC([B-](F)(F)F)C1. The lowest BCUT2D eigenvalue weighted by Gasteiger charge is -2.24. The van der Waals surface area contributed by atoms with E-state index in [4.69, 9.17) is 0 Å². The van der Waals surface area contributed by atoms with Crippen molar-refractivity contribution in [3.8, 4) is 0 Å². The standard InChI is InChI=1S/C7H11BF3O/c9-8(10,11)6-3-1-2-4-7(12)5-6/h6H,1-5H2/q-1. The molecule has 70 valence electrons. The molecule has 12 heavy (non-hydrogen) atoms. The van der Waals surface area contributed by atoms with Gasteiger partial charge in [-0.1, -0.05) is 18.7 Å². The minimum atomic E-state index is -4.80. The van der Waals surface area contributed by atoms with Gasteiger partial charge in [-0.05, 0) is 12.8 Å². The van der Waals surface area contributed by atoms with Crippen LogP contribution in [-0.2, 0) is 4.79 Å². The van der Waals surface area contributed by atoms with Crippen molar-refractivity contribution >= 4 is 12.8 Å². The predicted molar refractivity (Wildman–Crippen MR) is 40.9 cm³/mol. The number of hydrogen-bond acceptors (Lipinski definition) is 1. The van der Waals surface area contributed by atoms with Gasteiger partial charge in [0.2, 0.25) is 0 Å². The van der Waals surface area contributed by atoms with Gasteiger partial charge in [-0.15, -0.1) is 0 Å². The molecular formula is C7H11BF3O-. The molecule has 1 aliphatic carbocycles. The Labute approximate surface area is 69.4 Å². The fourth-order valence-electron chi connectivity index (χ4n) is 1.55. The molecule has 0 heterocycles. The van der Waals surface area contributed by atoms with Gasteiger partial charge in [0, 0.05) is 6.42 Å². The van der Waals surface area contributed by atoms with Crippen LogP contribution in [0.3, 0.4) is 0 Å². The summed E-state index contributed by atoms with van der Waals surface area (Å²) in [7, 11) is 0. The van der Waals surface area contributed by atoms with Gasteiger partial charge >= 0.3 is 6.98 Å². The van der Waals surface area contributed by atoms with Crippen molar-refractivity contribution in [2.75, 3.05) is 0 Å². The molecule has 1 saturated carbocycles. The summed E-state index contributed by atoms with van der Waals surface area (Å²) in [4.78, 5) is 10.9. The second kappa shape index (κ2) is 3.50. The molecule has 0 saturated heterocycles. The number of hydrogen-bond donors (Lipinski definition) is 0. The first-order valence-electron chi connectivity index (χ1n) is 4.22. The molecule has 1 atom stereocenters. The Bertz CT molecular complexity index is 178.